The van der Waals surface area contributed by atoms with Gasteiger partial charge in [0.05, 0.1) is 7.11 Å². The molecule has 0 bridgehead atoms. The SMILES string of the molecule is COC(=O)Cc1nnc(-c2ccc(COc3cccc4ccccc34)o2)o1. The summed E-state index contributed by atoms with van der Waals surface area (Å²) in [6.45, 7) is 0.261. The average molecular weight is 364 g/mol. The van der Waals surface area contributed by atoms with Crippen molar-refractivity contribution in [2.24, 2.45) is 0 Å². The number of rotatable bonds is 6. The van der Waals surface area contributed by atoms with Crippen LogP contribution in [0.25, 0.3) is 22.4 Å². The van der Waals surface area contributed by atoms with Crippen molar-refractivity contribution >= 4 is 16.7 Å². The molecule has 7 heteroatoms. The maximum absolute atomic E-state index is 11.3. The predicted octanol–water partition coefficient (Wildman–Crippen LogP) is 3.78. The number of aromatic nitrogens is 2. The largest absolute Gasteiger partial charge is 0.485 e. The van der Waals surface area contributed by atoms with Crippen LogP contribution >= 0.6 is 0 Å². The topological polar surface area (TPSA) is 87.6 Å². The first-order valence-corrected chi connectivity index (χ1v) is 8.32. The number of carbonyl (C=O) groups is 1. The molecule has 0 aliphatic carbocycles. The molecule has 0 unspecified atom stereocenters. The molecule has 0 atom stereocenters. The number of hydrogen-bond donors (Lipinski definition) is 0. The van der Waals surface area contributed by atoms with Gasteiger partial charge in [-0.05, 0) is 23.6 Å². The smallest absolute Gasteiger partial charge is 0.315 e. The quantitative estimate of drug-likeness (QED) is 0.481. The first-order chi connectivity index (χ1) is 13.2. The third-order valence-corrected chi connectivity index (χ3v) is 3.98. The number of carbonyl (C=O) groups excluding carboxylic acids is 1. The van der Waals surface area contributed by atoms with Crippen molar-refractivity contribution < 1.29 is 23.1 Å². The molecule has 2 aromatic heterocycles. The van der Waals surface area contributed by atoms with E-state index in [0.29, 0.717) is 11.5 Å². The second-order valence-electron chi connectivity index (χ2n) is 5.79. The maximum Gasteiger partial charge on any atom is 0.315 e. The van der Waals surface area contributed by atoms with Crippen molar-refractivity contribution in [3.63, 3.8) is 0 Å². The number of furan rings is 1. The monoisotopic (exact) mass is 364 g/mol. The molecule has 0 radical (unpaired) electrons. The molecule has 0 aliphatic rings. The van der Waals surface area contributed by atoms with Gasteiger partial charge in [-0.2, -0.15) is 0 Å². The molecule has 0 spiro atoms. The first kappa shape index (κ1) is 16.8. The molecule has 27 heavy (non-hydrogen) atoms. The van der Waals surface area contributed by atoms with E-state index in [2.05, 4.69) is 14.9 Å². The molecule has 4 aromatic rings. The number of nitrogens with zero attached hydrogens (tertiary/aromatic N) is 2. The van der Waals surface area contributed by atoms with Gasteiger partial charge in [-0.1, -0.05) is 36.4 Å². The van der Waals surface area contributed by atoms with Gasteiger partial charge in [0.15, 0.2) is 5.76 Å². The highest BCUT2D eigenvalue weighted by molar-refractivity contribution is 5.88. The van der Waals surface area contributed by atoms with Crippen LogP contribution in [0.15, 0.2) is 63.4 Å². The summed E-state index contributed by atoms with van der Waals surface area (Å²) in [5.41, 5.74) is 0. The molecule has 0 amide bonds. The summed E-state index contributed by atoms with van der Waals surface area (Å²) in [6, 6.07) is 17.4. The van der Waals surface area contributed by atoms with Crippen molar-refractivity contribution in [3.8, 4) is 17.4 Å². The van der Waals surface area contributed by atoms with Crippen LogP contribution in [0.1, 0.15) is 11.7 Å². The van der Waals surface area contributed by atoms with Crippen LogP contribution in [0.3, 0.4) is 0 Å². The lowest BCUT2D eigenvalue weighted by Gasteiger charge is -2.07. The number of methoxy groups -OCH3 is 1. The zero-order valence-corrected chi connectivity index (χ0v) is 14.5. The molecule has 2 heterocycles. The van der Waals surface area contributed by atoms with Gasteiger partial charge in [-0.3, -0.25) is 4.79 Å². The molecule has 0 fully saturated rings. The zero-order chi connectivity index (χ0) is 18.6. The lowest BCUT2D eigenvalue weighted by atomic mass is 10.1. The molecular weight excluding hydrogens is 348 g/mol. The van der Waals surface area contributed by atoms with Crippen molar-refractivity contribution in [3.05, 3.63) is 66.2 Å². The Labute approximate surface area is 154 Å². The van der Waals surface area contributed by atoms with Crippen molar-refractivity contribution in [2.75, 3.05) is 7.11 Å². The summed E-state index contributed by atoms with van der Waals surface area (Å²) in [4.78, 5) is 11.3. The predicted molar refractivity (Wildman–Crippen MR) is 96.0 cm³/mol. The molecule has 0 saturated carbocycles. The van der Waals surface area contributed by atoms with Gasteiger partial charge < -0.3 is 18.3 Å². The van der Waals surface area contributed by atoms with E-state index >= 15 is 0 Å². The third-order valence-electron chi connectivity index (χ3n) is 3.98. The first-order valence-electron chi connectivity index (χ1n) is 8.32. The minimum atomic E-state index is -0.450. The maximum atomic E-state index is 11.3. The van der Waals surface area contributed by atoms with Crippen molar-refractivity contribution in [1.29, 1.82) is 0 Å². The van der Waals surface area contributed by atoms with Gasteiger partial charge in [0.25, 0.3) is 5.89 Å². The summed E-state index contributed by atoms with van der Waals surface area (Å²) in [7, 11) is 1.30. The van der Waals surface area contributed by atoms with Crippen LogP contribution < -0.4 is 4.74 Å². The van der Waals surface area contributed by atoms with E-state index in [1.807, 2.05) is 42.5 Å². The molecule has 7 nitrogen and oxygen atoms in total. The summed E-state index contributed by atoms with van der Waals surface area (Å²) in [5.74, 6) is 1.73. The molecule has 0 N–H and O–H groups in total. The van der Waals surface area contributed by atoms with E-state index in [0.717, 1.165) is 16.5 Å². The van der Waals surface area contributed by atoms with Crippen molar-refractivity contribution in [2.45, 2.75) is 13.0 Å². The lowest BCUT2D eigenvalue weighted by molar-refractivity contribution is -0.140. The van der Waals surface area contributed by atoms with E-state index in [1.54, 1.807) is 12.1 Å². The molecule has 4 rings (SSSR count). The molecule has 0 aliphatic heterocycles. The highest BCUT2D eigenvalue weighted by Crippen LogP contribution is 2.27. The minimum absolute atomic E-state index is 0.0821. The van der Waals surface area contributed by atoms with Gasteiger partial charge in [-0.15, -0.1) is 10.2 Å². The molecular formula is C20H16N2O5. The Morgan fingerprint density at radius 2 is 1.85 bits per heavy atom. The second-order valence-corrected chi connectivity index (χ2v) is 5.79. The van der Waals surface area contributed by atoms with Gasteiger partial charge in [0.1, 0.15) is 24.5 Å². The highest BCUT2D eigenvalue weighted by atomic mass is 16.5. The van der Waals surface area contributed by atoms with Crippen LogP contribution in [0, 0.1) is 0 Å². The Morgan fingerprint density at radius 3 is 2.74 bits per heavy atom. The highest BCUT2D eigenvalue weighted by Gasteiger charge is 2.15. The number of benzene rings is 2. The van der Waals surface area contributed by atoms with Crippen LogP contribution in [0.4, 0.5) is 0 Å². The summed E-state index contributed by atoms with van der Waals surface area (Å²) >= 11 is 0. The number of fused-ring (bicyclic) bond motifs is 1. The third kappa shape index (κ3) is 3.67. The Kier molecular flexibility index (Phi) is 4.57. The van der Waals surface area contributed by atoms with Crippen LogP contribution in [0.2, 0.25) is 0 Å². The number of esters is 1. The zero-order valence-electron chi connectivity index (χ0n) is 14.5. The fourth-order valence-corrected chi connectivity index (χ4v) is 2.66. The van der Waals surface area contributed by atoms with Gasteiger partial charge in [0, 0.05) is 5.39 Å². The van der Waals surface area contributed by atoms with E-state index in [-0.39, 0.29) is 24.8 Å². The summed E-state index contributed by atoms with van der Waals surface area (Å²) < 4.78 is 21.6. The number of hydrogen-bond acceptors (Lipinski definition) is 7. The van der Waals surface area contributed by atoms with Gasteiger partial charge >= 0.3 is 5.97 Å². The second kappa shape index (κ2) is 7.33. The lowest BCUT2D eigenvalue weighted by Crippen LogP contribution is -2.04. The Bertz CT molecular complexity index is 1080. The summed E-state index contributed by atoms with van der Waals surface area (Å²) in [6.07, 6.45) is -0.0821. The fourth-order valence-electron chi connectivity index (χ4n) is 2.66. The van der Waals surface area contributed by atoms with Gasteiger partial charge in [-0.25, -0.2) is 0 Å². The Hall–Kier alpha value is -3.61. The normalized spacial score (nSPS) is 10.9. The van der Waals surface area contributed by atoms with E-state index in [9.17, 15) is 4.79 Å². The fraction of sp³-hybridized carbons (Fsp3) is 0.150. The Balaban J connectivity index is 1.46. The Morgan fingerprint density at radius 1 is 1.00 bits per heavy atom. The van der Waals surface area contributed by atoms with Crippen LogP contribution in [0.5, 0.6) is 5.75 Å². The standard InChI is InChI=1S/C20H16N2O5/c1-24-19(23)11-18-21-22-20(27-18)17-10-9-14(26-17)12-25-16-8-4-6-13-5-2-3-7-15(13)16/h2-10H,11-12H2,1H3. The van der Waals surface area contributed by atoms with Crippen LogP contribution in [-0.2, 0) is 22.6 Å². The minimum Gasteiger partial charge on any atom is -0.485 e. The molecule has 136 valence electrons. The van der Waals surface area contributed by atoms with Gasteiger partial charge in [0.2, 0.25) is 5.89 Å². The van der Waals surface area contributed by atoms with Crippen molar-refractivity contribution in [1.82, 2.24) is 10.2 Å². The van der Waals surface area contributed by atoms with E-state index in [1.165, 1.54) is 7.11 Å². The molecule has 2 aromatic carbocycles. The summed E-state index contributed by atoms with van der Waals surface area (Å²) in [5, 5.41) is 9.84. The van der Waals surface area contributed by atoms with E-state index in [4.69, 9.17) is 13.6 Å². The average Bonchev–Trinajstić information content (AvgIpc) is 3.35. The number of ether oxygens (including phenoxy) is 2. The van der Waals surface area contributed by atoms with Crippen LogP contribution in [-0.4, -0.2) is 23.3 Å². The molecule has 0 saturated heterocycles. The van der Waals surface area contributed by atoms with E-state index < -0.39 is 5.97 Å².